The summed E-state index contributed by atoms with van der Waals surface area (Å²) < 4.78 is 38.4. The molecule has 0 spiro atoms. The van der Waals surface area contributed by atoms with Gasteiger partial charge in [-0.15, -0.1) is 0 Å². The molecule has 0 amide bonds. The second-order valence-corrected chi connectivity index (χ2v) is 1.78. The summed E-state index contributed by atoms with van der Waals surface area (Å²) in [6.07, 6.45) is -5.06. The normalized spacial score (nSPS) is 10.0. The molecule has 0 N–H and O–H groups in total. The molecule has 0 aromatic carbocycles. The van der Waals surface area contributed by atoms with Crippen molar-refractivity contribution < 1.29 is 22.7 Å². The van der Waals surface area contributed by atoms with Crippen LogP contribution in [-0.4, -0.2) is 18.8 Å². The van der Waals surface area contributed by atoms with E-state index < -0.39 is 18.6 Å². The fourth-order valence-corrected chi connectivity index (χ4v) is 0.429. The zero-order chi connectivity index (χ0) is 9.61. The van der Waals surface area contributed by atoms with Gasteiger partial charge >= 0.3 is 12.1 Å². The summed E-state index contributed by atoms with van der Waals surface area (Å²) in [4.78, 5) is 10.4. The topological polar surface area (TPSA) is 26.3 Å². The van der Waals surface area contributed by atoms with Gasteiger partial charge in [-0.2, -0.15) is 13.2 Å². The molecule has 0 heterocycles. The van der Waals surface area contributed by atoms with Crippen molar-refractivity contribution in [2.45, 2.75) is 19.5 Å². The summed E-state index contributed by atoms with van der Waals surface area (Å²) in [6, 6.07) is 0. The summed E-state index contributed by atoms with van der Waals surface area (Å²) in [7, 11) is 0. The highest BCUT2D eigenvalue weighted by Crippen LogP contribution is 2.11. The summed E-state index contributed by atoms with van der Waals surface area (Å²) in [6.45, 7) is 1.71. The monoisotopic (exact) mass is 180 g/mol. The molecule has 12 heavy (non-hydrogen) atoms. The molecule has 2 nitrogen and oxygen atoms in total. The molecule has 0 saturated carbocycles. The molecule has 0 aromatic heterocycles. The van der Waals surface area contributed by atoms with Gasteiger partial charge in [-0.1, -0.05) is 5.92 Å². The van der Waals surface area contributed by atoms with Gasteiger partial charge in [0.25, 0.3) is 0 Å². The van der Waals surface area contributed by atoms with Gasteiger partial charge in [0.2, 0.25) is 0 Å². The third-order valence-electron chi connectivity index (χ3n) is 0.768. The number of hydrogen-bond donors (Lipinski definition) is 0. The first-order chi connectivity index (χ1) is 5.45. The number of esters is 1. The second-order valence-electron chi connectivity index (χ2n) is 1.78. The number of carbonyl (C=O) groups excluding carboxylic acids is 1. The van der Waals surface area contributed by atoms with Crippen molar-refractivity contribution in [1.82, 2.24) is 0 Å². The Morgan fingerprint density at radius 1 is 1.50 bits per heavy atom. The smallest absolute Gasteiger partial charge is 0.457 e. The van der Waals surface area contributed by atoms with Gasteiger partial charge in [-0.3, -0.25) is 4.79 Å². The Hall–Kier alpha value is -1.18. The van der Waals surface area contributed by atoms with Crippen LogP contribution < -0.4 is 0 Å². The van der Waals surface area contributed by atoms with Crippen molar-refractivity contribution in [3.63, 3.8) is 0 Å². The average Bonchev–Trinajstić information content (AvgIpc) is 1.84. The van der Waals surface area contributed by atoms with Crippen molar-refractivity contribution in [2.75, 3.05) is 6.61 Å². The van der Waals surface area contributed by atoms with Crippen LogP contribution in [0.3, 0.4) is 0 Å². The fraction of sp³-hybridized carbons (Fsp3) is 0.571. The fourth-order valence-electron chi connectivity index (χ4n) is 0.429. The summed E-state index contributed by atoms with van der Waals surface area (Å²) in [5, 5.41) is 0. The predicted octanol–water partition coefficient (Wildman–Crippen LogP) is 1.51. The van der Waals surface area contributed by atoms with Crippen LogP contribution in [0.25, 0.3) is 0 Å². The molecule has 0 bridgehead atoms. The number of alkyl halides is 3. The van der Waals surface area contributed by atoms with E-state index in [2.05, 4.69) is 4.74 Å². The molecular weight excluding hydrogens is 173 g/mol. The molecule has 68 valence electrons. The van der Waals surface area contributed by atoms with Crippen molar-refractivity contribution in [2.24, 2.45) is 0 Å². The number of ether oxygens (including phenoxy) is 1. The van der Waals surface area contributed by atoms with Crippen LogP contribution in [-0.2, 0) is 9.53 Å². The van der Waals surface area contributed by atoms with Gasteiger partial charge in [0.15, 0.2) is 0 Å². The van der Waals surface area contributed by atoms with E-state index in [0.29, 0.717) is 0 Å². The van der Waals surface area contributed by atoms with Crippen molar-refractivity contribution in [3.05, 3.63) is 0 Å². The highest BCUT2D eigenvalue weighted by Gasteiger charge is 2.22. The van der Waals surface area contributed by atoms with E-state index in [1.54, 1.807) is 12.8 Å². The Morgan fingerprint density at radius 3 is 2.50 bits per heavy atom. The standard InChI is InChI=1S/C7H7F3O2/c1-2-12-6(11)4-3-5-7(8,9)10/h2,4H2,1H3. The van der Waals surface area contributed by atoms with Crippen LogP contribution in [0.1, 0.15) is 13.3 Å². The molecule has 0 aromatic rings. The van der Waals surface area contributed by atoms with Crippen LogP contribution in [0.5, 0.6) is 0 Å². The van der Waals surface area contributed by atoms with Crippen molar-refractivity contribution in [3.8, 4) is 11.8 Å². The lowest BCUT2D eigenvalue weighted by atomic mass is 10.4. The minimum atomic E-state index is -4.54. The van der Waals surface area contributed by atoms with Gasteiger partial charge in [-0.25, -0.2) is 0 Å². The zero-order valence-electron chi connectivity index (χ0n) is 6.36. The minimum absolute atomic E-state index is 0.145. The maximum absolute atomic E-state index is 11.4. The van der Waals surface area contributed by atoms with Crippen LogP contribution in [0.2, 0.25) is 0 Å². The van der Waals surface area contributed by atoms with Crippen LogP contribution in [0.15, 0.2) is 0 Å². The Labute approximate surface area is 67.7 Å². The second kappa shape index (κ2) is 4.65. The average molecular weight is 180 g/mol. The number of rotatable bonds is 2. The van der Waals surface area contributed by atoms with Crippen molar-refractivity contribution in [1.29, 1.82) is 0 Å². The number of halogens is 3. The van der Waals surface area contributed by atoms with Gasteiger partial charge in [0.05, 0.1) is 6.61 Å². The van der Waals surface area contributed by atoms with Crippen LogP contribution >= 0.6 is 0 Å². The van der Waals surface area contributed by atoms with Crippen molar-refractivity contribution >= 4 is 5.97 Å². The molecule has 0 aliphatic heterocycles. The number of hydrogen-bond acceptors (Lipinski definition) is 2. The molecule has 0 fully saturated rings. The number of carbonyl (C=O) groups is 1. The third-order valence-corrected chi connectivity index (χ3v) is 0.768. The molecular formula is C7H7F3O2. The maximum atomic E-state index is 11.4. The van der Waals surface area contributed by atoms with Crippen LogP contribution in [0, 0.1) is 11.8 Å². The first kappa shape index (κ1) is 10.8. The van der Waals surface area contributed by atoms with E-state index in [0.717, 1.165) is 5.92 Å². The molecule has 0 saturated heterocycles. The third kappa shape index (κ3) is 6.93. The van der Waals surface area contributed by atoms with E-state index >= 15 is 0 Å². The Bertz CT molecular complexity index is 209. The van der Waals surface area contributed by atoms with Gasteiger partial charge in [0, 0.05) is 5.92 Å². The minimum Gasteiger partial charge on any atom is -0.465 e. The lowest BCUT2D eigenvalue weighted by Gasteiger charge is -1.95. The molecule has 5 heteroatoms. The first-order valence-electron chi connectivity index (χ1n) is 3.18. The lowest BCUT2D eigenvalue weighted by Crippen LogP contribution is -2.04. The highest BCUT2D eigenvalue weighted by atomic mass is 19.4. The first-order valence-corrected chi connectivity index (χ1v) is 3.18. The van der Waals surface area contributed by atoms with Gasteiger partial charge in [0.1, 0.15) is 6.42 Å². The van der Waals surface area contributed by atoms with Crippen LogP contribution in [0.4, 0.5) is 13.2 Å². The summed E-state index contributed by atoms with van der Waals surface area (Å²) >= 11 is 0. The summed E-state index contributed by atoms with van der Waals surface area (Å²) in [5.41, 5.74) is 0. The molecule has 0 radical (unpaired) electrons. The molecule has 0 rings (SSSR count). The SMILES string of the molecule is CCOC(=O)CC#CC(F)(F)F. The highest BCUT2D eigenvalue weighted by molar-refractivity contribution is 5.72. The Kier molecular flexibility index (Phi) is 4.19. The van der Waals surface area contributed by atoms with E-state index in [1.807, 2.05) is 0 Å². The van der Waals surface area contributed by atoms with E-state index in [1.165, 1.54) is 0 Å². The molecule has 0 atom stereocenters. The van der Waals surface area contributed by atoms with E-state index in [4.69, 9.17) is 0 Å². The zero-order valence-corrected chi connectivity index (χ0v) is 6.36. The van der Waals surface area contributed by atoms with E-state index in [9.17, 15) is 18.0 Å². The molecule has 0 unspecified atom stereocenters. The lowest BCUT2D eigenvalue weighted by molar-refractivity contribution is -0.141. The maximum Gasteiger partial charge on any atom is 0.457 e. The van der Waals surface area contributed by atoms with Gasteiger partial charge in [-0.05, 0) is 6.92 Å². The Morgan fingerprint density at radius 2 is 2.08 bits per heavy atom. The predicted molar refractivity (Wildman–Crippen MR) is 35.1 cm³/mol. The Balaban J connectivity index is 3.79. The quantitative estimate of drug-likeness (QED) is 0.475. The largest absolute Gasteiger partial charge is 0.465 e. The summed E-state index contributed by atoms with van der Waals surface area (Å²) in [5.74, 6) is 1.88. The van der Waals surface area contributed by atoms with E-state index in [-0.39, 0.29) is 6.61 Å². The molecule has 0 aliphatic rings. The van der Waals surface area contributed by atoms with Gasteiger partial charge < -0.3 is 4.74 Å². The molecule has 0 aliphatic carbocycles.